The minimum absolute atomic E-state index is 0.190. The standard InChI is InChI=1S/C41H46N4O4/c1-2-9-29-16-20-32(21-17-29)33-22-18-31(19-23-33)12-8-13-34(27-39(46)45-49)40(47)44-38(26-35-28-43-37-15-7-6-14-36(35)37)41(48)42-25-24-30-10-4-3-5-11-30/h3-7,10-11,14-23,28,34,38,43,49H,2,8-9,12-13,24-27H2,1H3,(H,42,48)(H,44,47)(H,45,46)/t34-,38+/m0/s1. The third-order valence-electron chi connectivity index (χ3n) is 9.01. The van der Waals surface area contributed by atoms with Crippen molar-refractivity contribution in [1.29, 1.82) is 0 Å². The summed E-state index contributed by atoms with van der Waals surface area (Å²) in [6.07, 6.45) is 6.59. The number of carbonyl (C=O) groups excluding carboxylic acids is 3. The topological polar surface area (TPSA) is 123 Å². The predicted molar refractivity (Wildman–Crippen MR) is 194 cm³/mol. The second kappa shape index (κ2) is 17.8. The molecule has 0 unspecified atom stereocenters. The number of aromatic nitrogens is 1. The number of hydrogen-bond acceptors (Lipinski definition) is 4. The summed E-state index contributed by atoms with van der Waals surface area (Å²) in [4.78, 5) is 42.8. The zero-order valence-corrected chi connectivity index (χ0v) is 28.1. The van der Waals surface area contributed by atoms with Gasteiger partial charge >= 0.3 is 0 Å². The molecule has 0 aliphatic heterocycles. The molecule has 0 spiro atoms. The molecule has 0 saturated heterocycles. The van der Waals surface area contributed by atoms with Crippen LogP contribution in [0.15, 0.2) is 109 Å². The zero-order chi connectivity index (χ0) is 34.4. The molecule has 4 aromatic carbocycles. The maximum Gasteiger partial charge on any atom is 0.244 e. The molecule has 8 heteroatoms. The van der Waals surface area contributed by atoms with Crippen molar-refractivity contribution in [2.24, 2.45) is 5.92 Å². The summed E-state index contributed by atoms with van der Waals surface area (Å²) < 4.78 is 0. The fourth-order valence-corrected chi connectivity index (χ4v) is 6.28. The minimum atomic E-state index is -0.856. The van der Waals surface area contributed by atoms with Crippen molar-refractivity contribution in [1.82, 2.24) is 21.1 Å². The molecule has 0 radical (unpaired) electrons. The first-order valence-corrected chi connectivity index (χ1v) is 17.2. The number of benzene rings is 4. The molecular formula is C41H46N4O4. The van der Waals surface area contributed by atoms with Crippen LogP contribution in [0.2, 0.25) is 0 Å². The molecule has 254 valence electrons. The molecular weight excluding hydrogens is 612 g/mol. The van der Waals surface area contributed by atoms with Gasteiger partial charge in [0.1, 0.15) is 6.04 Å². The smallest absolute Gasteiger partial charge is 0.244 e. The van der Waals surface area contributed by atoms with Gasteiger partial charge in [0, 0.05) is 42.4 Å². The molecule has 0 aliphatic rings. The number of fused-ring (bicyclic) bond motifs is 1. The Kier molecular flexibility index (Phi) is 12.8. The molecule has 0 bridgehead atoms. The van der Waals surface area contributed by atoms with Crippen LogP contribution in [0, 0.1) is 5.92 Å². The molecule has 2 atom stereocenters. The normalized spacial score (nSPS) is 12.3. The van der Waals surface area contributed by atoms with Gasteiger partial charge in [-0.15, -0.1) is 0 Å². The van der Waals surface area contributed by atoms with E-state index in [0.717, 1.165) is 52.4 Å². The highest BCUT2D eigenvalue weighted by atomic mass is 16.5. The summed E-state index contributed by atoms with van der Waals surface area (Å²) in [7, 11) is 0. The Morgan fingerprint density at radius 3 is 2.04 bits per heavy atom. The lowest BCUT2D eigenvalue weighted by Gasteiger charge is -2.22. The van der Waals surface area contributed by atoms with Gasteiger partial charge in [-0.2, -0.15) is 0 Å². The molecule has 0 saturated carbocycles. The van der Waals surface area contributed by atoms with E-state index in [1.807, 2.05) is 60.8 Å². The van der Waals surface area contributed by atoms with E-state index in [0.29, 0.717) is 25.8 Å². The van der Waals surface area contributed by atoms with Crippen LogP contribution >= 0.6 is 0 Å². The molecule has 0 fully saturated rings. The first-order chi connectivity index (χ1) is 23.9. The van der Waals surface area contributed by atoms with Crippen LogP contribution in [-0.2, 0) is 40.1 Å². The van der Waals surface area contributed by atoms with Crippen molar-refractivity contribution >= 4 is 28.6 Å². The van der Waals surface area contributed by atoms with Gasteiger partial charge in [-0.3, -0.25) is 19.6 Å². The maximum atomic E-state index is 13.7. The molecule has 5 N–H and O–H groups in total. The van der Waals surface area contributed by atoms with E-state index in [4.69, 9.17) is 0 Å². The molecule has 1 aromatic heterocycles. The first-order valence-electron chi connectivity index (χ1n) is 17.2. The van der Waals surface area contributed by atoms with Gasteiger partial charge in [-0.05, 0) is 71.6 Å². The Hall–Kier alpha value is -5.21. The lowest BCUT2D eigenvalue weighted by atomic mass is 9.94. The van der Waals surface area contributed by atoms with Crippen LogP contribution in [0.25, 0.3) is 22.0 Å². The van der Waals surface area contributed by atoms with E-state index in [1.165, 1.54) is 11.1 Å². The van der Waals surface area contributed by atoms with Crippen LogP contribution < -0.4 is 16.1 Å². The van der Waals surface area contributed by atoms with Gasteiger partial charge in [-0.1, -0.05) is 110 Å². The molecule has 49 heavy (non-hydrogen) atoms. The zero-order valence-electron chi connectivity index (χ0n) is 28.1. The Morgan fingerprint density at radius 2 is 1.37 bits per heavy atom. The van der Waals surface area contributed by atoms with Crippen LogP contribution in [0.1, 0.15) is 54.9 Å². The monoisotopic (exact) mass is 658 g/mol. The van der Waals surface area contributed by atoms with Crippen molar-refractivity contribution in [3.63, 3.8) is 0 Å². The number of rotatable bonds is 17. The molecule has 8 nitrogen and oxygen atoms in total. The third kappa shape index (κ3) is 10.1. The lowest BCUT2D eigenvalue weighted by molar-refractivity contribution is -0.136. The number of hydroxylamine groups is 1. The number of aryl methyl sites for hydroxylation is 2. The summed E-state index contributed by atoms with van der Waals surface area (Å²) >= 11 is 0. The largest absolute Gasteiger partial charge is 0.361 e. The summed E-state index contributed by atoms with van der Waals surface area (Å²) in [5.41, 5.74) is 9.41. The highest BCUT2D eigenvalue weighted by molar-refractivity contribution is 5.91. The van der Waals surface area contributed by atoms with Gasteiger partial charge < -0.3 is 15.6 Å². The molecule has 5 aromatic rings. The van der Waals surface area contributed by atoms with Crippen molar-refractivity contribution in [2.75, 3.05) is 6.54 Å². The van der Waals surface area contributed by atoms with Crippen molar-refractivity contribution in [3.05, 3.63) is 132 Å². The lowest BCUT2D eigenvalue weighted by Crippen LogP contribution is -2.50. The van der Waals surface area contributed by atoms with E-state index in [9.17, 15) is 19.6 Å². The van der Waals surface area contributed by atoms with Crippen molar-refractivity contribution < 1.29 is 19.6 Å². The molecule has 3 amide bonds. The van der Waals surface area contributed by atoms with Crippen LogP contribution in [0.4, 0.5) is 0 Å². The summed E-state index contributed by atoms with van der Waals surface area (Å²) in [5.74, 6) is -2.06. The summed E-state index contributed by atoms with van der Waals surface area (Å²) in [5, 5.41) is 16.2. The predicted octanol–water partition coefficient (Wildman–Crippen LogP) is 6.71. The van der Waals surface area contributed by atoms with Gasteiger partial charge in [0.2, 0.25) is 17.7 Å². The molecule has 1 heterocycles. The number of para-hydroxylation sites is 1. The van der Waals surface area contributed by atoms with Gasteiger partial charge in [-0.25, -0.2) is 5.48 Å². The minimum Gasteiger partial charge on any atom is -0.361 e. The Morgan fingerprint density at radius 1 is 0.735 bits per heavy atom. The van der Waals surface area contributed by atoms with Crippen LogP contribution in [0.5, 0.6) is 0 Å². The summed E-state index contributed by atoms with van der Waals surface area (Å²) in [6.45, 7) is 2.60. The third-order valence-corrected chi connectivity index (χ3v) is 9.01. The second-order valence-corrected chi connectivity index (χ2v) is 12.6. The number of H-pyrrole nitrogens is 1. The van der Waals surface area contributed by atoms with E-state index < -0.39 is 23.8 Å². The number of carbonyl (C=O) groups is 3. The Bertz CT molecular complexity index is 1800. The average Bonchev–Trinajstić information content (AvgIpc) is 3.54. The molecule has 0 aliphatic carbocycles. The summed E-state index contributed by atoms with van der Waals surface area (Å²) in [6, 6.07) is 34.0. The van der Waals surface area contributed by atoms with E-state index in [2.05, 4.69) is 71.1 Å². The Balaban J connectivity index is 1.23. The van der Waals surface area contributed by atoms with Gasteiger partial charge in [0.15, 0.2) is 0 Å². The number of nitrogens with one attached hydrogen (secondary N) is 4. The average molecular weight is 659 g/mol. The van der Waals surface area contributed by atoms with Crippen molar-refractivity contribution in [3.8, 4) is 11.1 Å². The number of amides is 3. The quantitative estimate of drug-likeness (QED) is 0.0563. The van der Waals surface area contributed by atoms with E-state index >= 15 is 0 Å². The van der Waals surface area contributed by atoms with E-state index in [-0.39, 0.29) is 18.7 Å². The van der Waals surface area contributed by atoms with E-state index in [1.54, 1.807) is 5.48 Å². The SMILES string of the molecule is CCCc1ccc(-c2ccc(CCC[C@@H](CC(=O)NO)C(=O)N[C@H](Cc3c[nH]c4ccccc34)C(=O)NCCc3ccccc3)cc2)cc1. The maximum absolute atomic E-state index is 13.7. The number of aromatic amines is 1. The van der Waals surface area contributed by atoms with Crippen LogP contribution in [0.3, 0.4) is 0 Å². The van der Waals surface area contributed by atoms with Crippen LogP contribution in [-0.4, -0.2) is 40.5 Å². The van der Waals surface area contributed by atoms with Gasteiger partial charge in [0.25, 0.3) is 0 Å². The number of hydrogen-bond donors (Lipinski definition) is 5. The van der Waals surface area contributed by atoms with Crippen molar-refractivity contribution in [2.45, 2.75) is 64.3 Å². The second-order valence-electron chi connectivity index (χ2n) is 12.6. The highest BCUT2D eigenvalue weighted by Crippen LogP contribution is 2.23. The Labute approximate surface area is 288 Å². The first kappa shape index (κ1) is 35.1. The fraction of sp³-hybridized carbons (Fsp3) is 0.293. The highest BCUT2D eigenvalue weighted by Gasteiger charge is 2.28. The molecule has 5 rings (SSSR count). The van der Waals surface area contributed by atoms with Gasteiger partial charge in [0.05, 0.1) is 0 Å². The fourth-order valence-electron chi connectivity index (χ4n) is 6.28.